The van der Waals surface area contributed by atoms with Gasteiger partial charge in [0.25, 0.3) is 0 Å². The van der Waals surface area contributed by atoms with Crippen LogP contribution in [-0.4, -0.2) is 110 Å². The second-order valence-corrected chi connectivity index (χ2v) is 32.9. The summed E-state index contributed by atoms with van der Waals surface area (Å²) >= 11 is 1.62. The smallest absolute Gasteiger partial charge is 0.234 e. The highest BCUT2D eigenvalue weighted by molar-refractivity contribution is 7.18. The minimum Gasteiger partial charge on any atom is -0.464 e. The Morgan fingerprint density at radius 3 is 1.14 bits per heavy atom. The largest absolute Gasteiger partial charge is 0.464 e. The Hall–Kier alpha value is -15.4. The zero-order valence-corrected chi connectivity index (χ0v) is 68.0. The van der Waals surface area contributed by atoms with Gasteiger partial charge in [-0.2, -0.15) is 15.3 Å². The fourth-order valence-electron chi connectivity index (χ4n) is 17.3. The van der Waals surface area contributed by atoms with Crippen molar-refractivity contribution >= 4 is 213 Å². The number of thiazole rings is 1. The molecule has 6 N–H and O–H groups in total. The van der Waals surface area contributed by atoms with Crippen molar-refractivity contribution in [3.05, 3.63) is 198 Å². The Balaban J connectivity index is 0.0000000982. The Bertz CT molecular complexity index is 7210. The van der Waals surface area contributed by atoms with E-state index in [0.717, 1.165) is 152 Å². The van der Waals surface area contributed by atoms with Crippen molar-refractivity contribution < 1.29 is 88.5 Å². The number of imide groups is 6. The molecular formula is C91H74N14O19S. The molecule has 12 amide bonds. The molecule has 0 bridgehead atoms. The monoisotopic (exact) mass is 1700 g/mol. The van der Waals surface area contributed by atoms with Crippen LogP contribution in [0.1, 0.15) is 151 Å². The second-order valence-electron chi connectivity index (χ2n) is 31.7. The van der Waals surface area contributed by atoms with Gasteiger partial charge in [-0.3, -0.25) is 108 Å². The summed E-state index contributed by atoms with van der Waals surface area (Å²) in [6.07, 6.45) is 23.9. The van der Waals surface area contributed by atoms with E-state index in [1.807, 2.05) is 131 Å². The number of furan rings is 7. The molecule has 6 aliphatic rings. The first-order valence-corrected chi connectivity index (χ1v) is 41.2. The highest BCUT2D eigenvalue weighted by Crippen LogP contribution is 2.42. The number of rotatable bonds is 6. The molecule has 6 aromatic carbocycles. The van der Waals surface area contributed by atoms with E-state index in [2.05, 4.69) is 57.2 Å². The molecule has 12 aromatic heterocycles. The highest BCUT2D eigenvalue weighted by Gasteiger charge is 2.37. The summed E-state index contributed by atoms with van der Waals surface area (Å²) in [5.41, 5.74) is 14.5. The maximum atomic E-state index is 12.0. The van der Waals surface area contributed by atoms with E-state index in [0.29, 0.717) is 93.8 Å². The van der Waals surface area contributed by atoms with Crippen molar-refractivity contribution in [2.24, 2.45) is 21.1 Å². The lowest BCUT2D eigenvalue weighted by molar-refractivity contribution is -0.135. The van der Waals surface area contributed by atoms with E-state index in [-0.39, 0.29) is 106 Å². The number of carbonyl (C=O) groups is 12. The van der Waals surface area contributed by atoms with Gasteiger partial charge in [-0.25, -0.2) is 4.98 Å². The van der Waals surface area contributed by atoms with E-state index in [1.54, 1.807) is 81.6 Å². The summed E-state index contributed by atoms with van der Waals surface area (Å²) in [4.78, 5) is 148. The maximum absolute atomic E-state index is 12.0. The molecule has 125 heavy (non-hydrogen) atoms. The number of piperidine rings is 6. The average molecular weight is 1700 g/mol. The molecule has 34 heteroatoms. The van der Waals surface area contributed by atoms with Crippen LogP contribution in [0.2, 0.25) is 0 Å². The first-order chi connectivity index (χ1) is 60.4. The van der Waals surface area contributed by atoms with Crippen LogP contribution >= 0.6 is 11.3 Å². The first-order valence-electron chi connectivity index (χ1n) is 40.4. The molecule has 24 rings (SSSR count). The van der Waals surface area contributed by atoms with Crippen molar-refractivity contribution in [3.63, 3.8) is 0 Å². The lowest BCUT2D eigenvalue weighted by atomic mass is 9.90. The van der Waals surface area contributed by atoms with Gasteiger partial charge in [-0.1, -0.05) is 6.07 Å². The molecule has 0 radical (unpaired) electrons. The first kappa shape index (κ1) is 79.4. The third-order valence-corrected chi connectivity index (χ3v) is 24.5. The van der Waals surface area contributed by atoms with Crippen LogP contribution in [0.4, 0.5) is 0 Å². The predicted octanol–water partition coefficient (Wildman–Crippen LogP) is 13.6. The van der Waals surface area contributed by atoms with Crippen molar-refractivity contribution in [3.8, 4) is 0 Å². The minimum atomic E-state index is -0.342. The third kappa shape index (κ3) is 15.5. The number of hydrogen-bond acceptors (Lipinski definition) is 25. The van der Waals surface area contributed by atoms with Gasteiger partial charge >= 0.3 is 0 Å². The SMILES string of the molecule is Cc1nc2cc3occ(C4CCC(=O)NC4=O)c3cc2s1.Cn1cc2cc3c(C4CCC(=O)NC4=O)coc3cc2n1.Cn1cc2cc3occ(C4CCC(=O)NC4=O)c3cc2n1.Cn1ncc2cc3occ(C4CCC(=O)NC4=O)c3cc21.O=C1CCC(c2coc3cc4ncccc4cc23)C(=O)N1.O=C1CCC(c2coc3cc4occc4cc23)C(=O)N1. The fourth-order valence-corrected chi connectivity index (χ4v) is 18.2. The van der Waals surface area contributed by atoms with E-state index >= 15 is 0 Å². The Morgan fingerprint density at radius 2 is 0.704 bits per heavy atom. The zero-order valence-electron chi connectivity index (χ0n) is 67.2. The summed E-state index contributed by atoms with van der Waals surface area (Å²) < 4.78 is 45.2. The van der Waals surface area contributed by atoms with Gasteiger partial charge < -0.3 is 30.9 Å². The van der Waals surface area contributed by atoms with Crippen molar-refractivity contribution in [2.75, 3.05) is 0 Å². The van der Waals surface area contributed by atoms with Gasteiger partial charge in [0.05, 0.1) is 123 Å². The van der Waals surface area contributed by atoms with Crippen LogP contribution in [0, 0.1) is 6.92 Å². The third-order valence-electron chi connectivity index (χ3n) is 23.6. The normalized spacial score (nSPS) is 19.4. The highest BCUT2D eigenvalue weighted by atomic mass is 32.1. The lowest BCUT2D eigenvalue weighted by Gasteiger charge is -2.19. The molecule has 0 aliphatic carbocycles. The molecule has 628 valence electrons. The van der Waals surface area contributed by atoms with Gasteiger partial charge in [-0.05, 0) is 106 Å². The molecular weight excluding hydrogens is 1630 g/mol. The van der Waals surface area contributed by atoms with Gasteiger partial charge in [0.2, 0.25) is 70.9 Å². The van der Waals surface area contributed by atoms with E-state index in [9.17, 15) is 57.5 Å². The van der Waals surface area contributed by atoms with Crippen molar-refractivity contribution in [2.45, 2.75) is 119 Å². The number of aromatic nitrogens is 8. The van der Waals surface area contributed by atoms with Crippen LogP contribution < -0.4 is 31.9 Å². The molecule has 6 aliphatic heterocycles. The number of fused-ring (bicyclic) bond motifs is 12. The number of hydrogen-bond donors (Lipinski definition) is 6. The van der Waals surface area contributed by atoms with E-state index in [4.69, 9.17) is 30.9 Å². The van der Waals surface area contributed by atoms with Crippen LogP contribution in [0.3, 0.4) is 0 Å². The topological polar surface area (TPSA) is 448 Å². The lowest BCUT2D eigenvalue weighted by Crippen LogP contribution is -2.39. The van der Waals surface area contributed by atoms with Crippen molar-refractivity contribution in [1.29, 1.82) is 0 Å². The zero-order chi connectivity index (χ0) is 86.3. The number of carbonyl (C=O) groups excluding carboxylic acids is 12. The molecule has 18 heterocycles. The summed E-state index contributed by atoms with van der Waals surface area (Å²) in [5.74, 6) is -4.77. The van der Waals surface area contributed by atoms with Crippen LogP contribution in [0.25, 0.3) is 131 Å². The number of nitrogens with zero attached hydrogens (tertiary/aromatic N) is 8. The molecule has 33 nitrogen and oxygen atoms in total. The standard InChI is InChI=1S/C16H12N2O3.3C15H13N3O3.C15H12N2O3S.C15H11NO4/c19-15-4-3-10(16(20)18-15)12-8-21-14-7-13-9(6-11(12)14)2-1-5-17-13;1-18-6-8-4-13-10(5-12(8)17-18)11(7-21-13)9-2-3-14(19)16-15(9)20;1-18-12-5-10-11(9-2-3-14(19)17-15(9)20)7-21-13(10)4-8(12)6-16-18;1-18-6-8-4-10-11(7-21-13(10)5-12(8)17-18)9-2-3-14(19)16-15(9)20;1-7-16-11-5-12-9(4-13(11)21-7)10(6-20-12)8-2-3-14(18)17-15(8)19;17-14-2-1-9(15(18)16-14)11-7-20-13-6-12-8(3-4-19-12)5-10(11)13/h1-2,5-8,10H,3-4H2,(H,18,19,20);4-7,9H,2-3H2,1H3,(H,16,19,20);4-7,9H,2-3H2,1H3,(H,17,19,20);4-7,9H,2-3H2,1H3,(H,16,19,20);4-6,8H,2-3H2,1H3,(H,17,18,19);3-7,9H,1-2H2,(H,16,17,18). The van der Waals surface area contributed by atoms with Gasteiger partial charge in [0.1, 0.15) is 39.1 Å². The average Bonchev–Trinajstić information content (AvgIpc) is 1.42. The molecule has 6 saturated heterocycles. The number of aryl methyl sites for hydroxylation is 4. The van der Waals surface area contributed by atoms with Crippen LogP contribution in [0.15, 0.2) is 191 Å². The Kier molecular flexibility index (Phi) is 20.5. The van der Waals surface area contributed by atoms with Crippen molar-refractivity contribution in [1.82, 2.24) is 71.2 Å². The minimum absolute atomic E-state index is 0.204. The molecule has 6 unspecified atom stereocenters. The fraction of sp³-hybridized carbons (Fsp3) is 0.242. The molecule has 18 aromatic rings. The van der Waals surface area contributed by atoms with E-state index in [1.165, 1.54) is 0 Å². The number of amides is 12. The molecule has 6 fully saturated rings. The Labute approximate surface area is 707 Å². The van der Waals surface area contributed by atoms with Crippen LogP contribution in [-0.2, 0) is 78.7 Å². The summed E-state index contributed by atoms with van der Waals surface area (Å²) in [7, 11) is 5.60. The summed E-state index contributed by atoms with van der Waals surface area (Å²) in [6, 6.07) is 28.9. The summed E-state index contributed by atoms with van der Waals surface area (Å²) in [5, 5.41) is 38.6. The molecule has 0 saturated carbocycles. The number of benzene rings is 6. The predicted molar refractivity (Wildman–Crippen MR) is 454 cm³/mol. The number of pyridine rings is 1. The molecule has 0 spiro atoms. The van der Waals surface area contributed by atoms with Gasteiger partial charge in [0, 0.05) is 195 Å². The van der Waals surface area contributed by atoms with E-state index < -0.39 is 0 Å². The van der Waals surface area contributed by atoms with Crippen LogP contribution in [0.5, 0.6) is 0 Å². The molecule has 6 atom stereocenters. The second kappa shape index (κ2) is 32.2. The maximum Gasteiger partial charge on any atom is 0.234 e. The Morgan fingerprint density at radius 1 is 0.352 bits per heavy atom. The summed E-state index contributed by atoms with van der Waals surface area (Å²) in [6.45, 7) is 1.97. The quantitative estimate of drug-likeness (QED) is 0.0842. The van der Waals surface area contributed by atoms with Gasteiger partial charge in [-0.15, -0.1) is 11.3 Å². The van der Waals surface area contributed by atoms with Gasteiger partial charge in [0.15, 0.2) is 0 Å². The number of nitrogens with one attached hydrogen (secondary N) is 6.